The van der Waals surface area contributed by atoms with Crippen LogP contribution in [0.2, 0.25) is 0 Å². The second-order valence-electron chi connectivity index (χ2n) is 8.50. The molecule has 38 heavy (non-hydrogen) atoms. The van der Waals surface area contributed by atoms with Gasteiger partial charge in [-0.2, -0.15) is 0 Å². The molecule has 15 heteroatoms. The predicted octanol–water partition coefficient (Wildman–Crippen LogP) is -3.50. The van der Waals surface area contributed by atoms with E-state index in [0.717, 1.165) is 0 Å². The molecule has 0 aromatic heterocycles. The third kappa shape index (κ3) is 11.9. The van der Waals surface area contributed by atoms with Gasteiger partial charge in [0.15, 0.2) is 0 Å². The summed E-state index contributed by atoms with van der Waals surface area (Å²) in [4.78, 5) is 83.6. The van der Waals surface area contributed by atoms with Crippen molar-refractivity contribution < 1.29 is 38.7 Å². The Labute approximate surface area is 218 Å². The second kappa shape index (κ2) is 15.6. The number of carbonyl (C=O) groups is 7. The van der Waals surface area contributed by atoms with Crippen molar-refractivity contribution in [3.63, 3.8) is 0 Å². The number of amides is 6. The van der Waals surface area contributed by atoms with Gasteiger partial charge in [0.2, 0.25) is 35.4 Å². The van der Waals surface area contributed by atoms with E-state index in [4.69, 9.17) is 22.9 Å². The van der Waals surface area contributed by atoms with Crippen molar-refractivity contribution in [3.8, 4) is 0 Å². The molecule has 0 aliphatic heterocycles. The fraction of sp³-hybridized carbons (Fsp3) is 0.435. The van der Waals surface area contributed by atoms with Crippen LogP contribution in [0.15, 0.2) is 30.3 Å². The maximum absolute atomic E-state index is 13.0. The molecular weight excluding hydrogens is 502 g/mol. The monoisotopic (exact) mass is 535 g/mol. The first-order valence-corrected chi connectivity index (χ1v) is 11.6. The molecule has 1 rings (SSSR count). The van der Waals surface area contributed by atoms with Crippen LogP contribution in [0.3, 0.4) is 0 Å². The Balaban J connectivity index is 3.11. The molecule has 0 heterocycles. The Morgan fingerprint density at radius 3 is 1.71 bits per heavy atom. The van der Waals surface area contributed by atoms with Crippen LogP contribution in [0.4, 0.5) is 0 Å². The van der Waals surface area contributed by atoms with Crippen molar-refractivity contribution in [2.24, 2.45) is 22.9 Å². The molecular formula is C23H33N7O8. The number of rotatable bonds is 17. The number of nitrogens with two attached hydrogens (primary N) is 4. The first-order valence-electron chi connectivity index (χ1n) is 11.6. The molecule has 12 N–H and O–H groups in total. The summed E-state index contributed by atoms with van der Waals surface area (Å²) in [5.41, 5.74) is 21.6. The zero-order valence-electron chi connectivity index (χ0n) is 20.6. The van der Waals surface area contributed by atoms with Gasteiger partial charge in [-0.3, -0.25) is 28.8 Å². The zero-order valence-corrected chi connectivity index (χ0v) is 20.6. The number of benzene rings is 1. The van der Waals surface area contributed by atoms with Crippen LogP contribution in [0, 0.1) is 0 Å². The molecule has 0 aliphatic carbocycles. The Bertz CT molecular complexity index is 1030. The molecule has 15 nitrogen and oxygen atoms in total. The molecule has 0 spiro atoms. The number of carboxylic acids is 1. The van der Waals surface area contributed by atoms with E-state index >= 15 is 0 Å². The van der Waals surface area contributed by atoms with E-state index in [2.05, 4.69) is 16.0 Å². The molecule has 4 unspecified atom stereocenters. The minimum Gasteiger partial charge on any atom is -0.480 e. The van der Waals surface area contributed by atoms with Gasteiger partial charge >= 0.3 is 5.97 Å². The summed E-state index contributed by atoms with van der Waals surface area (Å²) < 4.78 is 0. The summed E-state index contributed by atoms with van der Waals surface area (Å²) in [5, 5.41) is 16.3. The average Bonchev–Trinajstić information content (AvgIpc) is 2.83. The molecule has 208 valence electrons. The van der Waals surface area contributed by atoms with Gasteiger partial charge in [-0.25, -0.2) is 4.79 Å². The SMILES string of the molecule is NC(=O)CCC(N)C(=O)NC(CC(N)=O)C(=O)NC(Cc1ccccc1)C(=O)NC(CCC(N)=O)C(=O)O. The summed E-state index contributed by atoms with van der Waals surface area (Å²) in [5.74, 6) is -6.57. The molecule has 6 amide bonds. The highest BCUT2D eigenvalue weighted by Gasteiger charge is 2.31. The van der Waals surface area contributed by atoms with Gasteiger partial charge in [0.1, 0.15) is 18.1 Å². The topological polar surface area (TPSA) is 280 Å². The fourth-order valence-electron chi connectivity index (χ4n) is 3.27. The van der Waals surface area contributed by atoms with Crippen molar-refractivity contribution in [3.05, 3.63) is 35.9 Å². The van der Waals surface area contributed by atoms with Crippen molar-refractivity contribution in [2.45, 2.75) is 62.7 Å². The molecule has 4 atom stereocenters. The van der Waals surface area contributed by atoms with Crippen LogP contribution in [0.25, 0.3) is 0 Å². The number of aliphatic carboxylic acids is 1. The van der Waals surface area contributed by atoms with Crippen molar-refractivity contribution in [1.82, 2.24) is 16.0 Å². The Hall–Kier alpha value is -4.53. The van der Waals surface area contributed by atoms with Gasteiger partial charge in [-0.15, -0.1) is 0 Å². The lowest BCUT2D eigenvalue weighted by Crippen LogP contribution is -2.58. The largest absolute Gasteiger partial charge is 0.480 e. The van der Waals surface area contributed by atoms with Crippen LogP contribution in [0.1, 0.15) is 37.7 Å². The van der Waals surface area contributed by atoms with E-state index in [1.807, 2.05) is 0 Å². The van der Waals surface area contributed by atoms with Gasteiger partial charge in [0.05, 0.1) is 12.5 Å². The summed E-state index contributed by atoms with van der Waals surface area (Å²) in [7, 11) is 0. The third-order valence-electron chi connectivity index (χ3n) is 5.29. The van der Waals surface area contributed by atoms with Crippen molar-refractivity contribution in [1.29, 1.82) is 0 Å². The second-order valence-corrected chi connectivity index (χ2v) is 8.50. The van der Waals surface area contributed by atoms with E-state index in [0.29, 0.717) is 5.56 Å². The highest BCUT2D eigenvalue weighted by molar-refractivity contribution is 5.96. The quantitative estimate of drug-likeness (QED) is 0.0980. The van der Waals surface area contributed by atoms with Crippen LogP contribution in [0.5, 0.6) is 0 Å². The normalized spacial score (nSPS) is 13.7. The first-order chi connectivity index (χ1) is 17.8. The highest BCUT2D eigenvalue weighted by atomic mass is 16.4. The summed E-state index contributed by atoms with van der Waals surface area (Å²) in [6.07, 6.45) is -1.64. The predicted molar refractivity (Wildman–Crippen MR) is 132 cm³/mol. The third-order valence-corrected chi connectivity index (χ3v) is 5.29. The molecule has 0 fully saturated rings. The maximum Gasteiger partial charge on any atom is 0.326 e. The lowest BCUT2D eigenvalue weighted by Gasteiger charge is -2.25. The minimum atomic E-state index is -1.53. The number of primary amides is 3. The number of carboxylic acid groups (broad SMARTS) is 1. The van der Waals surface area contributed by atoms with E-state index in [1.54, 1.807) is 30.3 Å². The summed E-state index contributed by atoms with van der Waals surface area (Å²) in [6.45, 7) is 0. The van der Waals surface area contributed by atoms with E-state index in [1.165, 1.54) is 0 Å². The summed E-state index contributed by atoms with van der Waals surface area (Å²) >= 11 is 0. The number of carbonyl (C=O) groups excluding carboxylic acids is 6. The van der Waals surface area contributed by atoms with Gasteiger partial charge in [0, 0.05) is 19.3 Å². The average molecular weight is 536 g/mol. The first kappa shape index (κ1) is 31.5. The number of nitrogens with one attached hydrogen (secondary N) is 3. The lowest BCUT2D eigenvalue weighted by atomic mass is 10.0. The minimum absolute atomic E-state index is 0.0874. The van der Waals surface area contributed by atoms with Gasteiger partial charge < -0.3 is 44.0 Å². The highest BCUT2D eigenvalue weighted by Crippen LogP contribution is 2.07. The van der Waals surface area contributed by atoms with Crippen LogP contribution in [-0.2, 0) is 40.0 Å². The van der Waals surface area contributed by atoms with Crippen molar-refractivity contribution >= 4 is 41.4 Å². The molecule has 0 saturated heterocycles. The molecule has 0 saturated carbocycles. The molecule has 1 aromatic rings. The van der Waals surface area contributed by atoms with Gasteiger partial charge in [0.25, 0.3) is 0 Å². The van der Waals surface area contributed by atoms with E-state index < -0.39 is 72.0 Å². The lowest BCUT2D eigenvalue weighted by molar-refractivity contribution is -0.142. The van der Waals surface area contributed by atoms with Crippen LogP contribution < -0.4 is 38.9 Å². The van der Waals surface area contributed by atoms with Gasteiger partial charge in [-0.1, -0.05) is 30.3 Å². The molecule has 0 aliphatic rings. The number of hydrogen-bond donors (Lipinski definition) is 8. The van der Waals surface area contributed by atoms with E-state index in [9.17, 15) is 38.7 Å². The Kier molecular flexibility index (Phi) is 12.9. The Morgan fingerprint density at radius 1 is 0.684 bits per heavy atom. The van der Waals surface area contributed by atoms with Gasteiger partial charge in [-0.05, 0) is 18.4 Å². The maximum atomic E-state index is 13.0. The van der Waals surface area contributed by atoms with Crippen molar-refractivity contribution in [2.75, 3.05) is 0 Å². The number of hydrogen-bond acceptors (Lipinski definition) is 8. The fourth-order valence-corrected chi connectivity index (χ4v) is 3.27. The summed E-state index contributed by atoms with van der Waals surface area (Å²) in [6, 6.07) is 2.83. The van der Waals surface area contributed by atoms with Crippen LogP contribution >= 0.6 is 0 Å². The van der Waals surface area contributed by atoms with Crippen LogP contribution in [-0.4, -0.2) is 70.7 Å². The molecule has 1 aromatic carbocycles. The molecule has 0 bridgehead atoms. The smallest absolute Gasteiger partial charge is 0.326 e. The van der Waals surface area contributed by atoms with E-state index in [-0.39, 0.29) is 32.1 Å². The zero-order chi connectivity index (χ0) is 28.8. The molecule has 0 radical (unpaired) electrons. The standard InChI is InChI=1S/C23H33N7O8/c24-13(6-8-17(25)31)20(34)29-16(11-19(27)33)22(36)30-15(10-12-4-2-1-3-5-12)21(35)28-14(23(37)38)7-9-18(26)32/h1-5,13-16H,6-11,24H2,(H2,25,31)(H2,26,32)(H2,27,33)(H,28,35)(H,29,34)(H,30,36)(H,37,38). The Morgan fingerprint density at radius 2 is 1.18 bits per heavy atom.